The summed E-state index contributed by atoms with van der Waals surface area (Å²) in [5, 5.41) is 10.6. The molecule has 7 nitrogen and oxygen atoms in total. The molecule has 3 amide bonds. The molecule has 1 atom stereocenters. The molecule has 0 spiro atoms. The number of nitrogens with zero attached hydrogens (tertiary/aromatic N) is 1. The van der Waals surface area contributed by atoms with Crippen molar-refractivity contribution in [3.63, 3.8) is 0 Å². The Hall–Kier alpha value is -1.63. The van der Waals surface area contributed by atoms with Crippen molar-refractivity contribution in [1.29, 1.82) is 0 Å². The summed E-state index contributed by atoms with van der Waals surface area (Å²) >= 11 is 0. The quantitative estimate of drug-likeness (QED) is 0.555. The third-order valence-electron chi connectivity index (χ3n) is 1.99. The van der Waals surface area contributed by atoms with Crippen molar-refractivity contribution in [3.05, 3.63) is 0 Å². The monoisotopic (exact) mass is 231 g/mol. The number of carbonyl (C=O) groups is 3. The first-order chi connectivity index (χ1) is 7.32. The second-order valence-corrected chi connectivity index (χ2v) is 3.66. The summed E-state index contributed by atoms with van der Waals surface area (Å²) < 4.78 is 0. The number of rotatable bonds is 6. The summed E-state index contributed by atoms with van der Waals surface area (Å²) in [6.07, 6.45) is 0.103. The molecule has 0 aliphatic carbocycles. The molecule has 0 heterocycles. The minimum atomic E-state index is -0.883. The number of primary amides is 1. The lowest BCUT2D eigenvalue weighted by Gasteiger charge is -2.18. The molecule has 92 valence electrons. The zero-order valence-corrected chi connectivity index (χ0v) is 9.40. The predicted molar refractivity (Wildman–Crippen MR) is 56.6 cm³/mol. The highest BCUT2D eigenvalue weighted by Gasteiger charge is 2.14. The molecule has 0 aliphatic heterocycles. The number of aliphatic carboxylic acids is 1. The van der Waals surface area contributed by atoms with Crippen LogP contribution in [0, 0.1) is 5.92 Å². The van der Waals surface area contributed by atoms with E-state index in [4.69, 9.17) is 10.8 Å². The Morgan fingerprint density at radius 1 is 1.44 bits per heavy atom. The van der Waals surface area contributed by atoms with Gasteiger partial charge in [0.05, 0.1) is 5.92 Å². The van der Waals surface area contributed by atoms with Crippen LogP contribution in [0.4, 0.5) is 4.79 Å². The lowest BCUT2D eigenvalue weighted by atomic mass is 10.2. The van der Waals surface area contributed by atoms with E-state index in [2.05, 4.69) is 0 Å². The summed E-state index contributed by atoms with van der Waals surface area (Å²) in [4.78, 5) is 33.6. The van der Waals surface area contributed by atoms with Gasteiger partial charge in [-0.2, -0.15) is 0 Å². The molecule has 0 aromatic rings. The fourth-order valence-corrected chi connectivity index (χ4v) is 1.13. The zero-order chi connectivity index (χ0) is 12.7. The van der Waals surface area contributed by atoms with Gasteiger partial charge in [0, 0.05) is 19.5 Å². The molecule has 16 heavy (non-hydrogen) atoms. The van der Waals surface area contributed by atoms with Gasteiger partial charge in [0.2, 0.25) is 5.91 Å². The summed E-state index contributed by atoms with van der Waals surface area (Å²) in [6, 6.07) is -0.883. The highest BCUT2D eigenvalue weighted by Crippen LogP contribution is 1.98. The maximum Gasteiger partial charge on any atom is 0.318 e. The van der Waals surface area contributed by atoms with Gasteiger partial charge in [0.15, 0.2) is 0 Å². The lowest BCUT2D eigenvalue weighted by Crippen LogP contribution is -2.37. The van der Waals surface area contributed by atoms with Gasteiger partial charge in [-0.05, 0) is 7.05 Å². The van der Waals surface area contributed by atoms with Crippen LogP contribution in [0.5, 0.6) is 0 Å². The van der Waals surface area contributed by atoms with Gasteiger partial charge >= 0.3 is 12.0 Å². The largest absolute Gasteiger partial charge is 0.481 e. The predicted octanol–water partition coefficient (Wildman–Crippen LogP) is -0.776. The molecule has 0 aromatic carbocycles. The summed E-state index contributed by atoms with van der Waals surface area (Å²) in [6.45, 7) is 2.30. The standard InChI is InChI=1S/C9H17N3O4/c1-6(8(14)15)5-12(2)4-3-7(13)11-9(10)16/h6H,3-5H2,1-2H3,(H,14,15)(H3,10,11,13,16). The van der Waals surface area contributed by atoms with Crippen LogP contribution in [0.2, 0.25) is 0 Å². The highest BCUT2D eigenvalue weighted by molar-refractivity contribution is 5.93. The van der Waals surface area contributed by atoms with E-state index >= 15 is 0 Å². The van der Waals surface area contributed by atoms with Crippen molar-refractivity contribution in [1.82, 2.24) is 10.2 Å². The number of carbonyl (C=O) groups excluding carboxylic acids is 2. The number of amides is 3. The second-order valence-electron chi connectivity index (χ2n) is 3.66. The SMILES string of the molecule is CC(CN(C)CCC(=O)NC(N)=O)C(=O)O. The average molecular weight is 231 g/mol. The number of hydrogen-bond acceptors (Lipinski definition) is 4. The molecule has 0 fully saturated rings. The first kappa shape index (κ1) is 14.4. The average Bonchev–Trinajstić information content (AvgIpc) is 2.13. The molecule has 0 saturated heterocycles. The number of imide groups is 1. The van der Waals surface area contributed by atoms with Crippen LogP contribution in [0.15, 0.2) is 0 Å². The molecule has 4 N–H and O–H groups in total. The van der Waals surface area contributed by atoms with Crippen molar-refractivity contribution in [2.75, 3.05) is 20.1 Å². The Balaban J connectivity index is 3.80. The normalized spacial score (nSPS) is 12.2. The van der Waals surface area contributed by atoms with Gasteiger partial charge in [-0.3, -0.25) is 14.9 Å². The number of carboxylic acids is 1. The van der Waals surface area contributed by atoms with Gasteiger partial charge in [-0.1, -0.05) is 6.92 Å². The van der Waals surface area contributed by atoms with Gasteiger partial charge in [-0.25, -0.2) is 4.79 Å². The molecule has 1 unspecified atom stereocenters. The number of carboxylic acid groups (broad SMARTS) is 1. The molecular formula is C9H17N3O4. The van der Waals surface area contributed by atoms with Crippen molar-refractivity contribution in [2.24, 2.45) is 11.7 Å². The molecule has 0 saturated carbocycles. The molecular weight excluding hydrogens is 214 g/mol. The van der Waals surface area contributed by atoms with Crippen molar-refractivity contribution in [2.45, 2.75) is 13.3 Å². The number of nitrogens with two attached hydrogens (primary N) is 1. The summed E-state index contributed by atoms with van der Waals surface area (Å²) in [5.41, 5.74) is 4.76. The van der Waals surface area contributed by atoms with E-state index in [0.717, 1.165) is 0 Å². The number of hydrogen-bond donors (Lipinski definition) is 3. The smallest absolute Gasteiger partial charge is 0.318 e. The van der Waals surface area contributed by atoms with E-state index in [9.17, 15) is 14.4 Å². The zero-order valence-electron chi connectivity index (χ0n) is 9.40. The first-order valence-electron chi connectivity index (χ1n) is 4.83. The van der Waals surface area contributed by atoms with Crippen molar-refractivity contribution in [3.8, 4) is 0 Å². The van der Waals surface area contributed by atoms with Crippen LogP contribution in [0.1, 0.15) is 13.3 Å². The Morgan fingerprint density at radius 2 is 2.00 bits per heavy atom. The summed E-state index contributed by atoms with van der Waals surface area (Å²) in [5.74, 6) is -1.85. The van der Waals surface area contributed by atoms with Crippen LogP contribution in [0.25, 0.3) is 0 Å². The summed E-state index contributed by atoms with van der Waals surface area (Å²) in [7, 11) is 1.71. The third-order valence-corrected chi connectivity index (χ3v) is 1.99. The van der Waals surface area contributed by atoms with Crippen LogP contribution >= 0.6 is 0 Å². The number of urea groups is 1. The Labute approximate surface area is 93.6 Å². The van der Waals surface area contributed by atoms with E-state index in [-0.39, 0.29) is 6.42 Å². The van der Waals surface area contributed by atoms with Crippen LogP contribution in [-0.2, 0) is 9.59 Å². The fraction of sp³-hybridized carbons (Fsp3) is 0.667. The maximum absolute atomic E-state index is 11.0. The van der Waals surface area contributed by atoms with Crippen LogP contribution in [0.3, 0.4) is 0 Å². The number of nitrogens with one attached hydrogen (secondary N) is 1. The fourth-order valence-electron chi connectivity index (χ4n) is 1.13. The molecule has 0 bridgehead atoms. The van der Waals surface area contributed by atoms with Crippen LogP contribution < -0.4 is 11.1 Å². The van der Waals surface area contributed by atoms with E-state index in [1.165, 1.54) is 0 Å². The van der Waals surface area contributed by atoms with Gasteiger partial charge < -0.3 is 15.7 Å². The highest BCUT2D eigenvalue weighted by atomic mass is 16.4. The minimum absolute atomic E-state index is 0.103. The minimum Gasteiger partial charge on any atom is -0.481 e. The van der Waals surface area contributed by atoms with Crippen molar-refractivity contribution >= 4 is 17.9 Å². The third kappa shape index (κ3) is 6.77. The van der Waals surface area contributed by atoms with E-state index in [1.54, 1.807) is 18.9 Å². The van der Waals surface area contributed by atoms with Gasteiger partial charge in [0.1, 0.15) is 0 Å². The van der Waals surface area contributed by atoms with Gasteiger partial charge in [0.25, 0.3) is 0 Å². The van der Waals surface area contributed by atoms with E-state index in [0.29, 0.717) is 13.1 Å². The first-order valence-corrected chi connectivity index (χ1v) is 4.83. The van der Waals surface area contributed by atoms with Gasteiger partial charge in [-0.15, -0.1) is 0 Å². The molecule has 7 heteroatoms. The van der Waals surface area contributed by atoms with Crippen LogP contribution in [-0.4, -0.2) is 48.1 Å². The second kappa shape index (κ2) is 6.78. The lowest BCUT2D eigenvalue weighted by molar-refractivity contribution is -0.141. The van der Waals surface area contributed by atoms with E-state index in [1.807, 2.05) is 5.32 Å². The van der Waals surface area contributed by atoms with E-state index < -0.39 is 23.8 Å². The Morgan fingerprint density at radius 3 is 2.44 bits per heavy atom. The maximum atomic E-state index is 11.0. The molecule has 0 aliphatic rings. The molecule has 0 rings (SSSR count). The topological polar surface area (TPSA) is 113 Å². The molecule has 0 aromatic heterocycles. The van der Waals surface area contributed by atoms with Crippen molar-refractivity contribution < 1.29 is 19.5 Å². The Kier molecular flexibility index (Phi) is 6.09. The molecule has 0 radical (unpaired) electrons. The Bertz CT molecular complexity index is 280.